The molecule has 0 aliphatic carbocycles. The zero-order valence-corrected chi connectivity index (χ0v) is 20.6. The van der Waals surface area contributed by atoms with Crippen molar-refractivity contribution >= 4 is 47.4 Å². The second-order valence-corrected chi connectivity index (χ2v) is 9.45. The van der Waals surface area contributed by atoms with Crippen LogP contribution in [0.15, 0.2) is 30.9 Å². The summed E-state index contributed by atoms with van der Waals surface area (Å²) in [6, 6.07) is 4.10. The molecule has 2 atom stereocenters. The highest BCUT2D eigenvalue weighted by Crippen LogP contribution is 2.32. The first-order valence-electron chi connectivity index (χ1n) is 10.4. The molecule has 2 aromatic heterocycles. The monoisotopic (exact) mass is 487 g/mol. The SMILES string of the molecule is CC(C)(C)n1cc(-c2cc(Cl)cc3ncn(CCC[C@H]4NCCC[C@@H]4O)c23)cn1.Cl.Cl. The van der Waals surface area contributed by atoms with Gasteiger partial charge in [-0.1, -0.05) is 11.6 Å². The maximum atomic E-state index is 10.2. The second-order valence-electron chi connectivity index (χ2n) is 9.02. The fourth-order valence-corrected chi connectivity index (χ4v) is 4.32. The summed E-state index contributed by atoms with van der Waals surface area (Å²) in [5.41, 5.74) is 3.99. The van der Waals surface area contributed by atoms with E-state index in [0.29, 0.717) is 5.02 Å². The number of benzene rings is 1. The van der Waals surface area contributed by atoms with Crippen molar-refractivity contribution in [1.29, 1.82) is 0 Å². The standard InChI is InChI=1S/C22H30ClN5O.2ClH/c1-22(2,3)28-13-15(12-26-28)17-10-16(23)11-19-21(17)27(14-25-19)9-5-6-18-20(29)7-4-8-24-18;;/h10-14,18,20,24,29H,4-9H2,1-3H3;2*1H/t18-,20+;;/m1../s1. The lowest BCUT2D eigenvalue weighted by atomic mass is 9.97. The molecule has 0 saturated carbocycles. The van der Waals surface area contributed by atoms with Crippen LogP contribution in [-0.4, -0.2) is 43.1 Å². The van der Waals surface area contributed by atoms with E-state index in [4.69, 9.17) is 11.6 Å². The molecule has 0 bridgehead atoms. The molecule has 31 heavy (non-hydrogen) atoms. The summed E-state index contributed by atoms with van der Waals surface area (Å²) in [6.45, 7) is 8.25. The van der Waals surface area contributed by atoms with E-state index in [-0.39, 0.29) is 42.5 Å². The molecule has 4 rings (SSSR count). The molecular weight excluding hydrogens is 457 g/mol. The second kappa shape index (κ2) is 10.5. The van der Waals surface area contributed by atoms with E-state index < -0.39 is 0 Å². The van der Waals surface area contributed by atoms with E-state index >= 15 is 0 Å². The van der Waals surface area contributed by atoms with E-state index in [1.807, 2.05) is 29.3 Å². The molecule has 1 saturated heterocycles. The van der Waals surface area contributed by atoms with Crippen LogP contribution in [-0.2, 0) is 12.1 Å². The summed E-state index contributed by atoms with van der Waals surface area (Å²) in [5, 5.41) is 18.9. The highest BCUT2D eigenvalue weighted by atomic mass is 35.5. The van der Waals surface area contributed by atoms with Crippen molar-refractivity contribution in [3.05, 3.63) is 35.9 Å². The van der Waals surface area contributed by atoms with Crippen molar-refractivity contribution in [3.8, 4) is 11.1 Å². The molecule has 0 spiro atoms. The molecule has 1 aliphatic heterocycles. The van der Waals surface area contributed by atoms with Crippen molar-refractivity contribution in [2.45, 2.75) is 70.7 Å². The third-order valence-corrected chi connectivity index (χ3v) is 5.94. The minimum absolute atomic E-state index is 0. The van der Waals surface area contributed by atoms with Crippen molar-refractivity contribution in [3.63, 3.8) is 0 Å². The van der Waals surface area contributed by atoms with Gasteiger partial charge >= 0.3 is 0 Å². The van der Waals surface area contributed by atoms with Gasteiger partial charge in [-0.25, -0.2) is 4.98 Å². The Labute approximate surface area is 201 Å². The van der Waals surface area contributed by atoms with Crippen LogP contribution >= 0.6 is 36.4 Å². The number of aliphatic hydroxyl groups excluding tert-OH is 1. The Bertz CT molecular complexity index is 995. The minimum atomic E-state index is -0.235. The molecule has 3 aromatic rings. The number of nitrogens with one attached hydrogen (secondary N) is 1. The fraction of sp³-hybridized carbons (Fsp3) is 0.545. The number of imidazole rings is 1. The Morgan fingerprint density at radius 2 is 2.03 bits per heavy atom. The number of hydrogen-bond acceptors (Lipinski definition) is 4. The molecule has 1 aliphatic rings. The van der Waals surface area contributed by atoms with Gasteiger partial charge in [-0.05, 0) is 65.1 Å². The topological polar surface area (TPSA) is 67.9 Å². The molecule has 0 unspecified atom stereocenters. The number of fused-ring (bicyclic) bond motifs is 1. The van der Waals surface area contributed by atoms with Gasteiger partial charge in [0, 0.05) is 34.9 Å². The van der Waals surface area contributed by atoms with Crippen LogP contribution in [0.2, 0.25) is 5.02 Å². The van der Waals surface area contributed by atoms with E-state index in [2.05, 4.69) is 46.9 Å². The van der Waals surface area contributed by atoms with E-state index in [1.54, 1.807) is 0 Å². The summed E-state index contributed by atoms with van der Waals surface area (Å²) < 4.78 is 4.18. The van der Waals surface area contributed by atoms with Gasteiger partial charge in [0.2, 0.25) is 0 Å². The van der Waals surface area contributed by atoms with Crippen LogP contribution in [0.4, 0.5) is 0 Å². The van der Waals surface area contributed by atoms with E-state index in [0.717, 1.165) is 60.9 Å². The van der Waals surface area contributed by atoms with Crippen LogP contribution in [0.3, 0.4) is 0 Å². The first kappa shape index (κ1) is 25.9. The number of piperidine rings is 1. The Kier molecular flexibility index (Phi) is 8.82. The summed E-state index contributed by atoms with van der Waals surface area (Å²) in [5.74, 6) is 0. The molecule has 2 N–H and O–H groups in total. The van der Waals surface area contributed by atoms with Gasteiger partial charge in [0.1, 0.15) is 0 Å². The lowest BCUT2D eigenvalue weighted by Crippen LogP contribution is -2.44. The lowest BCUT2D eigenvalue weighted by molar-refractivity contribution is 0.0909. The smallest absolute Gasteiger partial charge is 0.0958 e. The number of aryl methyl sites for hydroxylation is 1. The summed E-state index contributed by atoms with van der Waals surface area (Å²) in [6.07, 6.45) is 9.50. The fourth-order valence-electron chi connectivity index (χ4n) is 4.10. The maximum absolute atomic E-state index is 10.2. The maximum Gasteiger partial charge on any atom is 0.0958 e. The molecule has 9 heteroatoms. The highest BCUT2D eigenvalue weighted by molar-refractivity contribution is 6.31. The number of halogens is 3. The van der Waals surface area contributed by atoms with E-state index in [1.165, 1.54) is 0 Å². The third kappa shape index (κ3) is 5.74. The van der Waals surface area contributed by atoms with Crippen LogP contribution < -0.4 is 5.32 Å². The van der Waals surface area contributed by atoms with Gasteiger partial charge in [0.25, 0.3) is 0 Å². The van der Waals surface area contributed by atoms with Gasteiger partial charge in [-0.15, -0.1) is 24.8 Å². The first-order valence-corrected chi connectivity index (χ1v) is 10.8. The minimum Gasteiger partial charge on any atom is -0.392 e. The van der Waals surface area contributed by atoms with Gasteiger partial charge in [-0.2, -0.15) is 5.10 Å². The summed E-state index contributed by atoms with van der Waals surface area (Å²) in [7, 11) is 0. The number of aliphatic hydroxyl groups is 1. The molecule has 172 valence electrons. The van der Waals surface area contributed by atoms with Gasteiger partial charge in [0.05, 0.1) is 35.2 Å². The number of rotatable bonds is 5. The number of hydrogen-bond donors (Lipinski definition) is 2. The molecule has 1 fully saturated rings. The largest absolute Gasteiger partial charge is 0.392 e. The Morgan fingerprint density at radius 1 is 1.26 bits per heavy atom. The number of aromatic nitrogens is 4. The Balaban J connectivity index is 0.00000171. The highest BCUT2D eigenvalue weighted by Gasteiger charge is 2.22. The van der Waals surface area contributed by atoms with Crippen LogP contribution in [0.1, 0.15) is 46.5 Å². The zero-order valence-electron chi connectivity index (χ0n) is 18.2. The molecule has 6 nitrogen and oxygen atoms in total. The van der Waals surface area contributed by atoms with Crippen LogP contribution in [0, 0.1) is 0 Å². The predicted octanol–water partition coefficient (Wildman–Crippen LogP) is 5.04. The molecule has 0 radical (unpaired) electrons. The Morgan fingerprint density at radius 3 is 2.71 bits per heavy atom. The van der Waals surface area contributed by atoms with Gasteiger partial charge in [-0.3, -0.25) is 4.68 Å². The summed E-state index contributed by atoms with van der Waals surface area (Å²) >= 11 is 6.39. The zero-order chi connectivity index (χ0) is 20.6. The molecule has 1 aromatic carbocycles. The molecule has 3 heterocycles. The van der Waals surface area contributed by atoms with Gasteiger partial charge in [0.15, 0.2) is 0 Å². The van der Waals surface area contributed by atoms with Crippen LogP contribution in [0.25, 0.3) is 22.2 Å². The van der Waals surface area contributed by atoms with Gasteiger partial charge < -0.3 is 15.0 Å². The molecule has 0 amide bonds. The van der Waals surface area contributed by atoms with Crippen molar-refractivity contribution < 1.29 is 5.11 Å². The number of nitrogens with zero attached hydrogens (tertiary/aromatic N) is 4. The quantitative estimate of drug-likeness (QED) is 0.527. The van der Waals surface area contributed by atoms with Crippen molar-refractivity contribution in [2.24, 2.45) is 0 Å². The predicted molar refractivity (Wildman–Crippen MR) is 132 cm³/mol. The van der Waals surface area contributed by atoms with Crippen molar-refractivity contribution in [2.75, 3.05) is 6.54 Å². The van der Waals surface area contributed by atoms with Crippen molar-refractivity contribution in [1.82, 2.24) is 24.6 Å². The third-order valence-electron chi connectivity index (χ3n) is 5.72. The average molecular weight is 489 g/mol. The lowest BCUT2D eigenvalue weighted by Gasteiger charge is -2.29. The normalized spacial score (nSPS) is 19.1. The first-order chi connectivity index (χ1) is 13.8. The summed E-state index contributed by atoms with van der Waals surface area (Å²) in [4.78, 5) is 4.59. The average Bonchev–Trinajstić information content (AvgIpc) is 3.30. The Hall–Kier alpha value is -1.31. The molecular formula is C22H32Cl3N5O. The van der Waals surface area contributed by atoms with Crippen LogP contribution in [0.5, 0.6) is 0 Å². The van der Waals surface area contributed by atoms with E-state index in [9.17, 15) is 5.11 Å².